The van der Waals surface area contributed by atoms with Crippen LogP contribution in [0.5, 0.6) is 0 Å². The van der Waals surface area contributed by atoms with Gasteiger partial charge in [-0.05, 0) is 44.0 Å². The van der Waals surface area contributed by atoms with Gasteiger partial charge < -0.3 is 9.88 Å². The van der Waals surface area contributed by atoms with E-state index in [1.807, 2.05) is 12.1 Å². The summed E-state index contributed by atoms with van der Waals surface area (Å²) in [5.74, 6) is 0. The van der Waals surface area contributed by atoms with E-state index >= 15 is 0 Å². The van der Waals surface area contributed by atoms with Crippen molar-refractivity contribution in [2.75, 3.05) is 6.54 Å². The van der Waals surface area contributed by atoms with Crippen molar-refractivity contribution in [1.29, 1.82) is 0 Å². The fraction of sp³-hybridized carbons (Fsp3) is 0.500. The first-order valence-electron chi connectivity index (χ1n) is 7.31. The maximum atomic E-state index is 6.19. The van der Waals surface area contributed by atoms with E-state index in [1.165, 1.54) is 37.6 Å². The number of nitrogens with one attached hydrogen (secondary N) is 1. The highest BCUT2D eigenvalue weighted by Crippen LogP contribution is 2.24. The van der Waals surface area contributed by atoms with Gasteiger partial charge in [0.1, 0.15) is 0 Å². The first-order valence-corrected chi connectivity index (χ1v) is 7.69. The average molecular weight is 277 g/mol. The number of aromatic nitrogens is 1. The van der Waals surface area contributed by atoms with Crippen LogP contribution in [0.3, 0.4) is 0 Å². The Bertz CT molecular complexity index is 541. The fourth-order valence-electron chi connectivity index (χ4n) is 3.07. The smallest absolute Gasteiger partial charge is 0.0499 e. The molecule has 2 nitrogen and oxygen atoms in total. The molecule has 1 aromatic carbocycles. The summed E-state index contributed by atoms with van der Waals surface area (Å²) in [6.07, 6.45) is 8.85. The molecule has 0 atom stereocenters. The first kappa shape index (κ1) is 13.0. The summed E-state index contributed by atoms with van der Waals surface area (Å²) in [4.78, 5) is 0. The van der Waals surface area contributed by atoms with Crippen LogP contribution < -0.4 is 5.32 Å². The minimum atomic E-state index is 0.774. The Morgan fingerprint density at radius 3 is 2.89 bits per heavy atom. The molecule has 1 aliphatic rings. The monoisotopic (exact) mass is 276 g/mol. The van der Waals surface area contributed by atoms with Crippen molar-refractivity contribution in [2.24, 2.45) is 0 Å². The van der Waals surface area contributed by atoms with Crippen LogP contribution in [-0.4, -0.2) is 17.2 Å². The third kappa shape index (κ3) is 2.96. The Kier molecular flexibility index (Phi) is 4.09. The van der Waals surface area contributed by atoms with Gasteiger partial charge in [0.2, 0.25) is 0 Å². The Balaban J connectivity index is 1.55. The van der Waals surface area contributed by atoms with Crippen molar-refractivity contribution < 1.29 is 0 Å². The number of nitrogens with zero attached hydrogens (tertiary/aromatic N) is 1. The summed E-state index contributed by atoms with van der Waals surface area (Å²) in [7, 11) is 0. The SMILES string of the molecule is Clc1cccc2c1ccn2CCCNC1CCCC1. The molecule has 0 radical (unpaired) electrons. The molecule has 0 amide bonds. The summed E-state index contributed by atoms with van der Waals surface area (Å²) < 4.78 is 2.30. The number of rotatable bonds is 5. The van der Waals surface area contributed by atoms with Gasteiger partial charge in [0.05, 0.1) is 0 Å². The Morgan fingerprint density at radius 1 is 1.21 bits per heavy atom. The van der Waals surface area contributed by atoms with Crippen LogP contribution in [-0.2, 0) is 6.54 Å². The zero-order valence-electron chi connectivity index (χ0n) is 11.2. The molecule has 0 unspecified atom stereocenters. The third-order valence-electron chi connectivity index (χ3n) is 4.12. The standard InChI is InChI=1S/C16H21ClN2/c17-15-7-3-8-16-14(15)9-12-19(16)11-4-10-18-13-5-1-2-6-13/h3,7-9,12-13,18H,1-2,4-6,10-11H2. The predicted octanol–water partition coefficient (Wildman–Crippen LogP) is 4.22. The van der Waals surface area contributed by atoms with Gasteiger partial charge in [-0.2, -0.15) is 0 Å². The van der Waals surface area contributed by atoms with Gasteiger partial charge in [-0.3, -0.25) is 0 Å². The van der Waals surface area contributed by atoms with Gasteiger partial charge in [-0.25, -0.2) is 0 Å². The van der Waals surface area contributed by atoms with E-state index < -0.39 is 0 Å². The summed E-state index contributed by atoms with van der Waals surface area (Å²) in [5, 5.41) is 5.67. The van der Waals surface area contributed by atoms with Crippen molar-refractivity contribution >= 4 is 22.5 Å². The molecule has 0 bridgehead atoms. The molecule has 1 aliphatic carbocycles. The zero-order chi connectivity index (χ0) is 13.1. The molecular weight excluding hydrogens is 256 g/mol. The summed E-state index contributed by atoms with van der Waals surface area (Å²) in [6, 6.07) is 9.01. The second-order valence-electron chi connectivity index (χ2n) is 5.47. The molecule has 2 aromatic rings. The lowest BCUT2D eigenvalue weighted by Gasteiger charge is -2.12. The maximum Gasteiger partial charge on any atom is 0.0499 e. The largest absolute Gasteiger partial charge is 0.347 e. The molecule has 1 N–H and O–H groups in total. The molecule has 19 heavy (non-hydrogen) atoms. The molecule has 1 fully saturated rings. The first-order chi connectivity index (χ1) is 9.34. The fourth-order valence-corrected chi connectivity index (χ4v) is 3.30. The van der Waals surface area contributed by atoms with E-state index in [0.717, 1.165) is 29.5 Å². The highest BCUT2D eigenvalue weighted by molar-refractivity contribution is 6.35. The second-order valence-corrected chi connectivity index (χ2v) is 5.88. The van der Waals surface area contributed by atoms with Crippen molar-refractivity contribution in [3.05, 3.63) is 35.5 Å². The van der Waals surface area contributed by atoms with Gasteiger partial charge in [0, 0.05) is 34.7 Å². The summed E-state index contributed by atoms with van der Waals surface area (Å²) >= 11 is 6.19. The highest BCUT2D eigenvalue weighted by Gasteiger charge is 2.13. The normalized spacial score (nSPS) is 16.5. The van der Waals surface area contributed by atoms with Gasteiger partial charge >= 0.3 is 0 Å². The van der Waals surface area contributed by atoms with Crippen LogP contribution in [0.1, 0.15) is 32.1 Å². The van der Waals surface area contributed by atoms with Crippen LogP contribution in [0.25, 0.3) is 10.9 Å². The molecule has 0 saturated heterocycles. The van der Waals surface area contributed by atoms with Gasteiger partial charge in [-0.15, -0.1) is 0 Å². The Labute approximate surface area is 119 Å². The lowest BCUT2D eigenvalue weighted by Crippen LogP contribution is -2.27. The maximum absolute atomic E-state index is 6.19. The third-order valence-corrected chi connectivity index (χ3v) is 4.45. The molecular formula is C16H21ClN2. The van der Waals surface area contributed by atoms with Crippen LogP contribution in [0.2, 0.25) is 5.02 Å². The van der Waals surface area contributed by atoms with Crippen molar-refractivity contribution in [3.63, 3.8) is 0 Å². The zero-order valence-corrected chi connectivity index (χ0v) is 12.0. The lowest BCUT2D eigenvalue weighted by molar-refractivity contribution is 0.498. The molecule has 3 heteroatoms. The topological polar surface area (TPSA) is 17.0 Å². The van der Waals surface area contributed by atoms with Crippen molar-refractivity contribution in [1.82, 2.24) is 9.88 Å². The Hall–Kier alpha value is -0.990. The molecule has 102 valence electrons. The van der Waals surface area contributed by atoms with Gasteiger partial charge in [0.25, 0.3) is 0 Å². The van der Waals surface area contributed by atoms with Gasteiger partial charge in [-0.1, -0.05) is 30.5 Å². The van der Waals surface area contributed by atoms with Crippen molar-refractivity contribution in [3.8, 4) is 0 Å². The second kappa shape index (κ2) is 5.98. The van der Waals surface area contributed by atoms with E-state index in [9.17, 15) is 0 Å². The van der Waals surface area contributed by atoms with E-state index in [4.69, 9.17) is 11.6 Å². The number of hydrogen-bond donors (Lipinski definition) is 1. The number of benzene rings is 1. The molecule has 3 rings (SSSR count). The minimum absolute atomic E-state index is 0.774. The number of fused-ring (bicyclic) bond motifs is 1. The lowest BCUT2D eigenvalue weighted by atomic mass is 10.2. The number of aryl methyl sites for hydroxylation is 1. The minimum Gasteiger partial charge on any atom is -0.347 e. The highest BCUT2D eigenvalue weighted by atomic mass is 35.5. The summed E-state index contributed by atoms with van der Waals surface area (Å²) in [5.41, 5.74) is 1.24. The summed E-state index contributed by atoms with van der Waals surface area (Å²) in [6.45, 7) is 2.18. The van der Waals surface area contributed by atoms with E-state index in [-0.39, 0.29) is 0 Å². The van der Waals surface area contributed by atoms with Crippen molar-refractivity contribution in [2.45, 2.75) is 44.7 Å². The molecule has 1 aromatic heterocycles. The number of hydrogen-bond acceptors (Lipinski definition) is 1. The average Bonchev–Trinajstić information content (AvgIpc) is 3.05. The predicted molar refractivity (Wildman–Crippen MR) is 81.8 cm³/mol. The van der Waals surface area contributed by atoms with E-state index in [0.29, 0.717) is 0 Å². The Morgan fingerprint density at radius 2 is 2.05 bits per heavy atom. The van der Waals surface area contributed by atoms with Gasteiger partial charge in [0.15, 0.2) is 0 Å². The molecule has 1 saturated carbocycles. The van der Waals surface area contributed by atoms with E-state index in [1.54, 1.807) is 0 Å². The quantitative estimate of drug-likeness (QED) is 0.809. The van der Waals surface area contributed by atoms with Crippen LogP contribution in [0.15, 0.2) is 30.5 Å². The molecule has 1 heterocycles. The number of halogens is 1. The van der Waals surface area contributed by atoms with E-state index in [2.05, 4.69) is 28.2 Å². The van der Waals surface area contributed by atoms with Crippen LogP contribution >= 0.6 is 11.6 Å². The molecule has 0 aliphatic heterocycles. The van der Waals surface area contributed by atoms with Crippen LogP contribution in [0, 0.1) is 0 Å². The van der Waals surface area contributed by atoms with Crippen LogP contribution in [0.4, 0.5) is 0 Å². The molecule has 0 spiro atoms.